The van der Waals surface area contributed by atoms with Crippen LogP contribution in [0, 0.1) is 65.8 Å². The minimum atomic E-state index is -0.125. The molecule has 0 aliphatic rings. The van der Waals surface area contributed by atoms with Crippen LogP contribution >= 0.6 is 34.0 Å². The Hall–Kier alpha value is -10.8. The molecule has 20 heteroatoms. The first kappa shape index (κ1) is 102. The summed E-state index contributed by atoms with van der Waals surface area (Å²) in [5.41, 5.74) is 21.2. The predicted octanol–water partition coefficient (Wildman–Crippen LogP) is 27.2. The molecule has 8 aromatic heterocycles. The number of pyridine rings is 4. The van der Waals surface area contributed by atoms with Crippen molar-refractivity contribution in [3.05, 3.63) is 360 Å². The van der Waals surface area contributed by atoms with Crippen LogP contribution in [0.5, 0.6) is 0 Å². The fourth-order valence-corrected chi connectivity index (χ4v) is 16.2. The molecular weight excluding hydrogens is 2290 g/mol. The molecule has 4 N–H and O–H groups in total. The molecule has 0 spiro atoms. The van der Waals surface area contributed by atoms with Crippen LogP contribution in [0.25, 0.3) is 129 Å². The number of allylic oxidation sites excluding steroid dienone is 8. The summed E-state index contributed by atoms with van der Waals surface area (Å²) in [4.78, 5) is 62.3. The average molecular weight is 2380 g/mol. The number of aryl methyl sites for hydroxylation is 6. The summed E-state index contributed by atoms with van der Waals surface area (Å²) < 4.78 is 9.74. The zero-order chi connectivity index (χ0) is 85.0. The van der Waals surface area contributed by atoms with Gasteiger partial charge in [0.1, 0.15) is 11.3 Å². The van der Waals surface area contributed by atoms with E-state index in [9.17, 15) is 19.2 Å². The van der Waals surface area contributed by atoms with Crippen molar-refractivity contribution in [2.75, 3.05) is 0 Å². The Morgan fingerprint density at radius 2 is 0.656 bits per heavy atom. The van der Waals surface area contributed by atoms with E-state index in [-0.39, 0.29) is 127 Å². The van der Waals surface area contributed by atoms with E-state index in [2.05, 4.69) is 220 Å². The van der Waals surface area contributed by atoms with Crippen molar-refractivity contribution in [3.63, 3.8) is 0 Å². The fraction of sp³-hybridized carbons (Fsp3) is 0.137. The smallest absolute Gasteiger partial charge is 0.155 e. The monoisotopic (exact) mass is 2380 g/mol. The number of thiophene rings is 3. The number of aliphatic hydroxyl groups is 4. The summed E-state index contributed by atoms with van der Waals surface area (Å²) in [6, 6.07) is 92.5. The predicted molar refractivity (Wildman–Crippen MR) is 488 cm³/mol. The molecule has 0 saturated carbocycles. The molecule has 0 bridgehead atoms. The molecule has 0 aliphatic carbocycles. The van der Waals surface area contributed by atoms with E-state index < -0.39 is 0 Å². The minimum Gasteiger partial charge on any atom is -0.512 e. The number of furan rings is 1. The molecule has 0 saturated heterocycles. The van der Waals surface area contributed by atoms with Crippen LogP contribution in [-0.4, -0.2) is 63.5 Å². The first-order chi connectivity index (χ1) is 56.6. The zero-order valence-electron chi connectivity index (χ0n) is 69.7. The Kier molecular flexibility index (Phi) is 42.2. The summed E-state index contributed by atoms with van der Waals surface area (Å²) in [6.07, 6.45) is 12.2. The average Bonchev–Trinajstić information content (AvgIpc) is 1.66. The molecule has 0 aliphatic heterocycles. The van der Waals surface area contributed by atoms with Gasteiger partial charge in [-0.25, -0.2) is 0 Å². The third-order valence-corrected chi connectivity index (χ3v) is 20.6. The fourth-order valence-electron chi connectivity index (χ4n) is 12.5. The maximum Gasteiger partial charge on any atom is 0.155 e. The second kappa shape index (κ2) is 50.6. The molecule has 13 nitrogen and oxygen atoms in total. The maximum atomic E-state index is 10.0. The van der Waals surface area contributed by atoms with Gasteiger partial charge >= 0.3 is 0 Å². The molecule has 632 valence electrons. The number of benzene rings is 8. The number of hydrogen-bond donors (Lipinski definition) is 4. The van der Waals surface area contributed by atoms with E-state index >= 15 is 0 Å². The second-order valence-corrected chi connectivity index (χ2v) is 30.9. The summed E-state index contributed by atoms with van der Waals surface area (Å²) in [7, 11) is 0. The van der Waals surface area contributed by atoms with Gasteiger partial charge in [0, 0.05) is 192 Å². The number of nitrogens with zero attached hydrogens (tertiary/aromatic N) is 4. The molecule has 0 atom stereocenters. The number of hydrogen-bond acceptors (Lipinski definition) is 16. The number of carbonyl (C=O) groups excluding carboxylic acids is 4. The van der Waals surface area contributed by atoms with Crippen LogP contribution < -0.4 is 0 Å². The van der Waals surface area contributed by atoms with Crippen LogP contribution in [0.3, 0.4) is 0 Å². The van der Waals surface area contributed by atoms with E-state index in [0.29, 0.717) is 0 Å². The van der Waals surface area contributed by atoms with Crippen LogP contribution in [0.1, 0.15) is 88.8 Å². The first-order valence-corrected chi connectivity index (χ1v) is 40.3. The molecule has 16 aromatic rings. The Morgan fingerprint density at radius 1 is 0.336 bits per heavy atom. The molecule has 0 amide bonds. The Balaban J connectivity index is 0.000000259. The van der Waals surface area contributed by atoms with Gasteiger partial charge in [0.25, 0.3) is 0 Å². The van der Waals surface area contributed by atoms with Crippen LogP contribution in [0.2, 0.25) is 0 Å². The SMILES string of the molecule is CC(=O)C=C(C)O.CC(=O)C=C(C)O.CC(=O)C=C(C)O.CC(=O)C=C(C)O.Cc1[c-]c(-c2nccc3cc(-c4c(C)cccc4C)sc23)cc(C)c1.Cc1[c-]c(-c2nccc3cc(-c4ccccc4)sc23)cc(C)c1.[Ir].[Ir].[Ir].[Ir].[c-]1ccccc1-c1nccc2cc(-c3ccccc3)oc12.[c-]1ccccc1-c1nccc2cc(-c3ccccc3)sc12. The van der Waals surface area contributed by atoms with Gasteiger partial charge in [-0.05, 0) is 162 Å². The van der Waals surface area contributed by atoms with Gasteiger partial charge in [-0.3, -0.25) is 19.2 Å². The van der Waals surface area contributed by atoms with E-state index in [1.165, 1.54) is 164 Å². The van der Waals surface area contributed by atoms with Gasteiger partial charge in [0.15, 0.2) is 23.1 Å². The molecule has 0 unspecified atom stereocenters. The third-order valence-electron chi connectivity index (χ3n) is 17.0. The van der Waals surface area contributed by atoms with Crippen molar-refractivity contribution in [2.24, 2.45) is 0 Å². The van der Waals surface area contributed by atoms with E-state index in [4.69, 9.17) is 29.8 Å². The van der Waals surface area contributed by atoms with Crippen LogP contribution in [-0.2, 0) is 99.6 Å². The Bertz CT molecular complexity index is 5920. The Morgan fingerprint density at radius 3 is 0.992 bits per heavy atom. The maximum absolute atomic E-state index is 10.0. The van der Waals surface area contributed by atoms with E-state index in [1.54, 1.807) is 22.7 Å². The summed E-state index contributed by atoms with van der Waals surface area (Å²) in [6.45, 7) is 24.2. The molecule has 122 heavy (non-hydrogen) atoms. The number of ketones is 4. The second-order valence-electron chi connectivity index (χ2n) is 27.8. The number of aliphatic hydroxyl groups excluding tert-OH is 4. The standard InChI is InChI=1S/C23H20NS.C21H16NS.C19H12NO.C19H12NS.4C5H8O2.4Ir/c1-14-10-15(2)12-19(11-14)22-23-18(8-9-24-22)13-20(25-23)21-16(3)6-5-7-17(21)4;1-14-10-15(2)12-18(11-14)20-21-17(8-9-22-20)13-19(23-21)16-6-4-3-5-7-16;2*1-3-7-14(8-4-1)17-13-16-11-12-20-18(19(16)21-17)15-9-5-2-6-10-15;4*1-4(6)3-5(2)7;;;;/h5-11,13H,1-4H3;3-11,13H,1-2H3;2*1-9,11-13H;4*3,6H,1-2H3;;;;/q4*-1;;;;;;;;. The topological polar surface area (TPSA) is 214 Å². The van der Waals surface area contributed by atoms with Gasteiger partial charge in [-0.2, -0.15) is 0 Å². The van der Waals surface area contributed by atoms with Crippen molar-refractivity contribution >= 4 is 98.4 Å². The largest absolute Gasteiger partial charge is 0.512 e. The van der Waals surface area contributed by atoms with Crippen molar-refractivity contribution < 1.29 is 124 Å². The van der Waals surface area contributed by atoms with Gasteiger partial charge < -0.3 is 44.8 Å². The Labute approximate surface area is 780 Å². The molecular formula is C102H92Ir4N4O9S3-4. The number of aromatic nitrogens is 4. The number of fused-ring (bicyclic) bond motifs is 4. The summed E-state index contributed by atoms with van der Waals surface area (Å²) in [5.74, 6) is 0.607. The van der Waals surface area contributed by atoms with Crippen LogP contribution in [0.15, 0.2) is 307 Å². The van der Waals surface area contributed by atoms with Gasteiger partial charge in [-0.15, -0.1) is 176 Å². The molecule has 8 heterocycles. The third kappa shape index (κ3) is 31.0. The van der Waals surface area contributed by atoms with Gasteiger partial charge in [0.05, 0.1) is 23.0 Å². The molecule has 4 radical (unpaired) electrons. The van der Waals surface area contributed by atoms with Crippen molar-refractivity contribution in [1.82, 2.24) is 19.9 Å². The number of rotatable bonds is 12. The van der Waals surface area contributed by atoms with E-state index in [0.717, 1.165) is 78.4 Å². The quantitative estimate of drug-likeness (QED) is 0.0510. The summed E-state index contributed by atoms with van der Waals surface area (Å²) in [5, 5.41) is 38.2. The van der Waals surface area contributed by atoms with Crippen LogP contribution in [0.4, 0.5) is 0 Å². The van der Waals surface area contributed by atoms with Gasteiger partial charge in [-0.1, -0.05) is 137 Å². The molecule has 0 fully saturated rings. The van der Waals surface area contributed by atoms with Crippen molar-refractivity contribution in [2.45, 2.75) is 96.9 Å². The first-order valence-electron chi connectivity index (χ1n) is 37.8. The zero-order valence-corrected chi connectivity index (χ0v) is 81.8. The number of carbonyl (C=O) groups is 4. The minimum absolute atomic E-state index is 0. The van der Waals surface area contributed by atoms with E-state index in [1.807, 2.05) is 127 Å². The van der Waals surface area contributed by atoms with Crippen molar-refractivity contribution in [3.8, 4) is 87.7 Å². The molecule has 8 aromatic carbocycles. The van der Waals surface area contributed by atoms with Crippen molar-refractivity contribution in [1.29, 1.82) is 0 Å². The molecule has 16 rings (SSSR count). The van der Waals surface area contributed by atoms with Gasteiger partial charge in [0.2, 0.25) is 0 Å². The normalized spacial score (nSPS) is 10.7. The summed E-state index contributed by atoms with van der Waals surface area (Å²) >= 11 is 5.42.